The molecule has 4 rings (SSSR count). The van der Waals surface area contributed by atoms with Crippen LogP contribution in [0.4, 0.5) is 0 Å². The molecule has 0 radical (unpaired) electrons. The Kier molecular flexibility index (Phi) is 15.8. The van der Waals surface area contributed by atoms with Crippen LogP contribution in [0.15, 0.2) is 42.7 Å². The molecule has 1 aromatic heterocycles. The van der Waals surface area contributed by atoms with E-state index in [1.54, 1.807) is 57.4 Å². The number of carbonyl (C=O) groups excluding carboxylic acids is 5. The van der Waals surface area contributed by atoms with Gasteiger partial charge in [0.05, 0.1) is 24.3 Å². The largest absolute Gasteiger partial charge is 0.508 e. The Morgan fingerprint density at radius 3 is 2.29 bits per heavy atom. The molecule has 12 heteroatoms. The van der Waals surface area contributed by atoms with Crippen molar-refractivity contribution >= 4 is 30.0 Å². The zero-order chi connectivity index (χ0) is 38.5. The van der Waals surface area contributed by atoms with E-state index < -0.39 is 29.4 Å². The number of aromatic nitrogens is 1. The van der Waals surface area contributed by atoms with Crippen molar-refractivity contribution in [1.29, 1.82) is 0 Å². The van der Waals surface area contributed by atoms with Gasteiger partial charge in [0.2, 0.25) is 11.8 Å². The van der Waals surface area contributed by atoms with Gasteiger partial charge in [-0.3, -0.25) is 29.0 Å². The topological polar surface area (TPSA) is 164 Å². The summed E-state index contributed by atoms with van der Waals surface area (Å²) in [5.74, 6) is -1.25. The van der Waals surface area contributed by atoms with Gasteiger partial charge in [-0.15, -0.1) is 0 Å². The third kappa shape index (κ3) is 14.4. The lowest BCUT2D eigenvalue weighted by Crippen LogP contribution is -2.46. The summed E-state index contributed by atoms with van der Waals surface area (Å²) in [6, 6.07) is 7.53. The van der Waals surface area contributed by atoms with Gasteiger partial charge in [0, 0.05) is 31.9 Å². The average Bonchev–Trinajstić information content (AvgIpc) is 3.06. The van der Waals surface area contributed by atoms with Gasteiger partial charge in [0.1, 0.15) is 22.7 Å². The molecule has 286 valence electrons. The molecule has 1 aromatic carbocycles. The fourth-order valence-electron chi connectivity index (χ4n) is 6.50. The van der Waals surface area contributed by atoms with Crippen molar-refractivity contribution in [1.82, 2.24) is 20.5 Å². The molecule has 3 heterocycles. The first-order valence-electron chi connectivity index (χ1n) is 18.3. The lowest BCUT2D eigenvalue weighted by molar-refractivity contribution is -0.155. The van der Waals surface area contributed by atoms with Crippen molar-refractivity contribution in [3.8, 4) is 5.75 Å². The van der Waals surface area contributed by atoms with Crippen LogP contribution in [0.2, 0.25) is 0 Å². The molecule has 52 heavy (non-hydrogen) atoms. The molecule has 2 aromatic rings. The Hall–Kier alpha value is -4.32. The van der Waals surface area contributed by atoms with Gasteiger partial charge in [0.15, 0.2) is 0 Å². The quantitative estimate of drug-likeness (QED) is 0.192. The van der Waals surface area contributed by atoms with E-state index in [4.69, 9.17) is 4.74 Å². The normalized spacial score (nSPS) is 17.8. The Labute approximate surface area is 308 Å². The zero-order valence-corrected chi connectivity index (χ0v) is 31.9. The third-order valence-electron chi connectivity index (χ3n) is 9.01. The summed E-state index contributed by atoms with van der Waals surface area (Å²) >= 11 is 0. The van der Waals surface area contributed by atoms with Crippen LogP contribution in [-0.4, -0.2) is 82.4 Å². The van der Waals surface area contributed by atoms with Crippen molar-refractivity contribution in [2.75, 3.05) is 26.2 Å². The molecule has 2 aliphatic rings. The van der Waals surface area contributed by atoms with E-state index in [1.165, 1.54) is 13.0 Å². The molecule has 1 unspecified atom stereocenters. The summed E-state index contributed by atoms with van der Waals surface area (Å²) in [6.07, 6.45) is 7.96. The number of ether oxygens (including phenoxy) is 2. The number of aromatic hydroxyl groups is 1. The summed E-state index contributed by atoms with van der Waals surface area (Å²) in [7, 11) is 0. The Morgan fingerprint density at radius 2 is 1.69 bits per heavy atom. The van der Waals surface area contributed by atoms with Crippen LogP contribution >= 0.6 is 0 Å². The molecule has 3 atom stereocenters. The van der Waals surface area contributed by atoms with Crippen molar-refractivity contribution in [3.63, 3.8) is 0 Å². The van der Waals surface area contributed by atoms with E-state index in [2.05, 4.69) is 20.4 Å². The summed E-state index contributed by atoms with van der Waals surface area (Å²) in [4.78, 5) is 68.4. The van der Waals surface area contributed by atoms with Crippen LogP contribution in [-0.2, 0) is 33.4 Å². The van der Waals surface area contributed by atoms with E-state index in [1.807, 2.05) is 25.7 Å². The van der Waals surface area contributed by atoms with E-state index >= 15 is 0 Å². The number of pyridine rings is 1. The molecule has 0 saturated carbocycles. The van der Waals surface area contributed by atoms with Crippen LogP contribution in [0.1, 0.15) is 122 Å². The lowest BCUT2D eigenvalue weighted by atomic mass is 9.87. The van der Waals surface area contributed by atoms with Crippen molar-refractivity contribution in [2.45, 2.75) is 117 Å². The predicted octanol–water partition coefficient (Wildman–Crippen LogP) is 5.37. The molecule has 3 N–H and O–H groups in total. The zero-order valence-electron chi connectivity index (χ0n) is 31.9. The first kappa shape index (κ1) is 42.1. The number of nitrogens with zero attached hydrogens (tertiary/aromatic N) is 2. The van der Waals surface area contributed by atoms with Crippen molar-refractivity contribution in [2.24, 2.45) is 11.8 Å². The van der Waals surface area contributed by atoms with E-state index in [9.17, 15) is 29.1 Å². The number of nitrogens with one attached hydrogen (secondary N) is 2. The number of benzene rings is 1. The minimum Gasteiger partial charge on any atom is -0.508 e. The number of rotatable bonds is 12. The highest BCUT2D eigenvalue weighted by molar-refractivity contribution is 5.87. The summed E-state index contributed by atoms with van der Waals surface area (Å²) in [5.41, 5.74) is 0.725. The Bertz CT molecular complexity index is 1510. The standard InChI is InChI=1S/C35H48N4O6.C5H10O2/c1-23(40)33(25-7-5-9-29(41)18-25)28-17-27(20-37-21-28)30(19-32(43)45-35(2,3)4)38-34(44)26-8-6-16-39(22-26)31(42)11-10-24-12-14-36-15-13-24;1-5(2,3)7-4-6/h5,7,9,17-18,20-21,24,26,30,33,36,41H,6,8,10-16,19,22H2,1-4H3,(H,38,44);4H,1-3H3/t26-,30+,33?;/m1./s1. The monoisotopic (exact) mass is 722 g/mol. The molecule has 2 amide bonds. The molecule has 12 nitrogen and oxygen atoms in total. The minimum atomic E-state index is -0.762. The second kappa shape index (κ2) is 19.5. The molecule has 0 aliphatic carbocycles. The van der Waals surface area contributed by atoms with Crippen LogP contribution in [0.5, 0.6) is 5.75 Å². The maximum atomic E-state index is 13.7. The highest BCUT2D eigenvalue weighted by Crippen LogP contribution is 2.31. The molecular weight excluding hydrogens is 664 g/mol. The van der Waals surface area contributed by atoms with Gasteiger partial charge < -0.3 is 30.1 Å². The van der Waals surface area contributed by atoms with Gasteiger partial charge in [-0.05, 0) is 134 Å². The number of carbonyl (C=O) groups is 5. The van der Waals surface area contributed by atoms with Crippen LogP contribution in [0, 0.1) is 11.8 Å². The molecular formula is C40H58N4O8. The second-order valence-electron chi connectivity index (χ2n) is 15.8. The number of hydrogen-bond donors (Lipinski definition) is 3. The Balaban J connectivity index is 0.000000944. The number of esters is 1. The van der Waals surface area contributed by atoms with Crippen molar-refractivity contribution in [3.05, 3.63) is 59.4 Å². The minimum absolute atomic E-state index is 0.0456. The van der Waals surface area contributed by atoms with Gasteiger partial charge in [-0.1, -0.05) is 12.1 Å². The van der Waals surface area contributed by atoms with Crippen LogP contribution < -0.4 is 10.6 Å². The fraction of sp³-hybridized carbons (Fsp3) is 0.600. The molecule has 0 bridgehead atoms. The van der Waals surface area contributed by atoms with Gasteiger partial charge in [-0.25, -0.2) is 0 Å². The number of piperidine rings is 2. The number of likely N-dealkylation sites (tertiary alicyclic amines) is 1. The Morgan fingerprint density at radius 1 is 1.00 bits per heavy atom. The van der Waals surface area contributed by atoms with Gasteiger partial charge in [0.25, 0.3) is 6.47 Å². The summed E-state index contributed by atoms with van der Waals surface area (Å²) in [6.45, 7) is 15.7. The van der Waals surface area contributed by atoms with Crippen LogP contribution in [0.3, 0.4) is 0 Å². The SMILES string of the molecule is CC(=O)C(c1cccc(O)c1)c1cncc([C@H](CC(=O)OC(C)(C)C)NC(=O)[C@@H]2CCCN(C(=O)CCC3CCNCC3)C2)c1.CC(C)(C)OC=O. The summed E-state index contributed by atoms with van der Waals surface area (Å²) < 4.78 is 10.1. The average molecular weight is 723 g/mol. The number of amides is 2. The molecule has 0 spiro atoms. The molecule has 2 fully saturated rings. The van der Waals surface area contributed by atoms with E-state index in [-0.39, 0.29) is 35.4 Å². The summed E-state index contributed by atoms with van der Waals surface area (Å²) in [5, 5.41) is 16.5. The number of phenolic OH excluding ortho intramolecular Hbond substituents is 1. The highest BCUT2D eigenvalue weighted by Gasteiger charge is 2.32. The smallest absolute Gasteiger partial charge is 0.308 e. The number of hydrogen-bond acceptors (Lipinski definition) is 10. The van der Waals surface area contributed by atoms with E-state index in [0.717, 1.165) is 38.8 Å². The maximum absolute atomic E-state index is 13.7. The predicted molar refractivity (Wildman–Crippen MR) is 197 cm³/mol. The van der Waals surface area contributed by atoms with E-state index in [0.29, 0.717) is 55.0 Å². The molecule has 2 aliphatic heterocycles. The highest BCUT2D eigenvalue weighted by atomic mass is 16.6. The number of ketones is 1. The second-order valence-corrected chi connectivity index (χ2v) is 15.8. The maximum Gasteiger partial charge on any atom is 0.308 e. The van der Waals surface area contributed by atoms with Crippen molar-refractivity contribution < 1.29 is 38.6 Å². The van der Waals surface area contributed by atoms with Gasteiger partial charge in [-0.2, -0.15) is 0 Å². The first-order chi connectivity index (χ1) is 24.5. The lowest BCUT2D eigenvalue weighted by Gasteiger charge is -2.33. The van der Waals surface area contributed by atoms with Gasteiger partial charge >= 0.3 is 5.97 Å². The van der Waals surface area contributed by atoms with Crippen LogP contribution in [0.25, 0.3) is 0 Å². The number of Topliss-reactive ketones (excluding diaryl/α,β-unsaturated/α-hetero) is 1. The fourth-order valence-corrected chi connectivity index (χ4v) is 6.50. The third-order valence-corrected chi connectivity index (χ3v) is 9.01. The number of phenols is 1. The first-order valence-corrected chi connectivity index (χ1v) is 18.3. The molecule has 2 saturated heterocycles.